The van der Waals surface area contributed by atoms with Crippen LogP contribution in [-0.2, 0) is 0 Å². The van der Waals surface area contributed by atoms with Gasteiger partial charge in [0.15, 0.2) is 5.82 Å². The van der Waals surface area contributed by atoms with E-state index in [0.717, 1.165) is 58.3 Å². The molecule has 0 radical (unpaired) electrons. The first kappa shape index (κ1) is 20.5. The molecule has 0 bridgehead atoms. The molecule has 1 aliphatic carbocycles. The molecule has 3 heterocycles. The van der Waals surface area contributed by atoms with Gasteiger partial charge in [0.05, 0.1) is 23.2 Å². The summed E-state index contributed by atoms with van der Waals surface area (Å²) in [5, 5.41) is 8.67. The molecule has 2 aliphatic rings. The molecule has 2 fully saturated rings. The van der Waals surface area contributed by atoms with Gasteiger partial charge in [-0.05, 0) is 56.2 Å². The Kier molecular flexibility index (Phi) is 5.42. The number of anilines is 1. The minimum absolute atomic E-state index is 0.640. The average molecular weight is 445 g/mol. The molecule has 33 heavy (non-hydrogen) atoms. The molecule has 0 unspecified atom stereocenters. The van der Waals surface area contributed by atoms with E-state index < -0.39 is 0 Å². The summed E-state index contributed by atoms with van der Waals surface area (Å²) in [6, 6.07) is 13.4. The Morgan fingerprint density at radius 1 is 0.970 bits per heavy atom. The van der Waals surface area contributed by atoms with Crippen LogP contribution in [0.3, 0.4) is 0 Å². The number of ether oxygens (including phenoxy) is 1. The van der Waals surface area contributed by atoms with Gasteiger partial charge in [-0.15, -0.1) is 0 Å². The number of hydrogen-bond donors (Lipinski definition) is 2. The third kappa shape index (κ3) is 3.95. The smallest absolute Gasteiger partial charge is 0.159 e. The highest BCUT2D eigenvalue weighted by Gasteiger charge is 2.25. The number of nitrogens with one attached hydrogen (secondary N) is 2. The summed E-state index contributed by atoms with van der Waals surface area (Å²) in [5.74, 6) is 1.63. The summed E-state index contributed by atoms with van der Waals surface area (Å²) in [7, 11) is 0. The van der Waals surface area contributed by atoms with Crippen molar-refractivity contribution in [3.8, 4) is 17.3 Å². The van der Waals surface area contributed by atoms with Crippen molar-refractivity contribution in [2.24, 2.45) is 0 Å². The van der Waals surface area contributed by atoms with Crippen LogP contribution in [0.25, 0.3) is 33.5 Å². The Hall–Kier alpha value is -3.06. The lowest BCUT2D eigenvalue weighted by Crippen LogP contribution is -2.50. The van der Waals surface area contributed by atoms with Crippen molar-refractivity contribution in [2.45, 2.75) is 45.1 Å². The Labute approximate surface area is 194 Å². The van der Waals surface area contributed by atoms with E-state index in [0.29, 0.717) is 6.61 Å². The van der Waals surface area contributed by atoms with Gasteiger partial charge in [-0.1, -0.05) is 19.3 Å². The number of imidazole rings is 1. The molecule has 7 nitrogen and oxygen atoms in total. The number of aromatic amines is 2. The van der Waals surface area contributed by atoms with Crippen molar-refractivity contribution < 1.29 is 4.74 Å². The minimum Gasteiger partial charge on any atom is -0.494 e. The highest BCUT2D eigenvalue weighted by Crippen LogP contribution is 2.31. The van der Waals surface area contributed by atoms with Gasteiger partial charge in [0.2, 0.25) is 0 Å². The summed E-state index contributed by atoms with van der Waals surface area (Å²) in [6.07, 6.45) is 7.00. The molecule has 2 aromatic heterocycles. The van der Waals surface area contributed by atoms with E-state index in [2.05, 4.69) is 43.2 Å². The highest BCUT2D eigenvalue weighted by molar-refractivity contribution is 5.94. The molecule has 2 N–H and O–H groups in total. The topological polar surface area (TPSA) is 73.1 Å². The van der Waals surface area contributed by atoms with Gasteiger partial charge < -0.3 is 14.6 Å². The monoisotopic (exact) mass is 444 g/mol. The molecule has 0 amide bonds. The van der Waals surface area contributed by atoms with Crippen molar-refractivity contribution >= 4 is 27.6 Å². The number of hydrogen-bond acceptors (Lipinski definition) is 5. The molecule has 172 valence electrons. The Morgan fingerprint density at radius 3 is 2.64 bits per heavy atom. The average Bonchev–Trinajstić information content (AvgIpc) is 3.48. The second-order valence-corrected chi connectivity index (χ2v) is 9.31. The van der Waals surface area contributed by atoms with Gasteiger partial charge in [0.25, 0.3) is 0 Å². The van der Waals surface area contributed by atoms with Gasteiger partial charge in [-0.3, -0.25) is 10.00 Å². The summed E-state index contributed by atoms with van der Waals surface area (Å²) >= 11 is 0. The molecular formula is C26H32N6O. The fourth-order valence-electron chi connectivity index (χ4n) is 5.53. The first-order chi connectivity index (χ1) is 16.3. The fourth-order valence-corrected chi connectivity index (χ4v) is 5.53. The Morgan fingerprint density at radius 2 is 1.82 bits per heavy atom. The van der Waals surface area contributed by atoms with Crippen LogP contribution in [0.1, 0.15) is 39.0 Å². The van der Waals surface area contributed by atoms with Crippen LogP contribution in [0.2, 0.25) is 0 Å². The van der Waals surface area contributed by atoms with Crippen LogP contribution < -0.4 is 9.64 Å². The SMILES string of the molecule is CCOc1ccc2[nH]nc(-c3nc4ccc(N5CCN(C6CCCCC6)CC5)cc4[nH]3)c2c1. The third-order valence-corrected chi connectivity index (χ3v) is 7.31. The van der Waals surface area contributed by atoms with E-state index in [9.17, 15) is 0 Å². The number of nitrogens with zero attached hydrogens (tertiary/aromatic N) is 4. The quantitative estimate of drug-likeness (QED) is 0.455. The molecule has 7 heteroatoms. The standard InChI is InChI=1S/C26H32N6O/c1-2-33-20-9-11-22-21(17-20)25(30-29-22)26-27-23-10-8-19(16-24(23)28-26)32-14-12-31(13-15-32)18-6-4-3-5-7-18/h8-11,16-18H,2-7,12-15H2,1H3,(H,27,28)(H,29,30). The highest BCUT2D eigenvalue weighted by atomic mass is 16.5. The van der Waals surface area contributed by atoms with Crippen molar-refractivity contribution in [2.75, 3.05) is 37.7 Å². The maximum Gasteiger partial charge on any atom is 0.159 e. The van der Waals surface area contributed by atoms with Crippen LogP contribution in [0.15, 0.2) is 36.4 Å². The molecule has 1 saturated heterocycles. The van der Waals surface area contributed by atoms with Crippen molar-refractivity contribution in [3.63, 3.8) is 0 Å². The molecule has 0 spiro atoms. The zero-order valence-corrected chi connectivity index (χ0v) is 19.3. The summed E-state index contributed by atoms with van der Waals surface area (Å²) < 4.78 is 5.68. The summed E-state index contributed by atoms with van der Waals surface area (Å²) in [5.41, 5.74) is 5.09. The first-order valence-electron chi connectivity index (χ1n) is 12.4. The van der Waals surface area contributed by atoms with Gasteiger partial charge in [0.1, 0.15) is 11.4 Å². The normalized spacial score (nSPS) is 18.4. The molecule has 1 saturated carbocycles. The van der Waals surface area contributed by atoms with Crippen molar-refractivity contribution in [3.05, 3.63) is 36.4 Å². The third-order valence-electron chi connectivity index (χ3n) is 7.31. The van der Waals surface area contributed by atoms with Crippen LogP contribution >= 0.6 is 0 Å². The van der Waals surface area contributed by atoms with E-state index in [1.54, 1.807) is 0 Å². The predicted molar refractivity (Wildman–Crippen MR) is 133 cm³/mol. The summed E-state index contributed by atoms with van der Waals surface area (Å²) in [6.45, 7) is 7.14. The molecule has 4 aromatic rings. The predicted octanol–water partition coefficient (Wildman–Crippen LogP) is 4.96. The second-order valence-electron chi connectivity index (χ2n) is 9.31. The minimum atomic E-state index is 0.640. The molecule has 2 aromatic carbocycles. The van der Waals surface area contributed by atoms with E-state index in [4.69, 9.17) is 9.72 Å². The van der Waals surface area contributed by atoms with E-state index in [-0.39, 0.29) is 0 Å². The number of rotatable bonds is 5. The van der Waals surface area contributed by atoms with E-state index in [1.165, 1.54) is 50.9 Å². The molecule has 6 rings (SSSR count). The number of fused-ring (bicyclic) bond motifs is 2. The Balaban J connectivity index is 1.22. The van der Waals surface area contributed by atoms with Crippen molar-refractivity contribution in [1.29, 1.82) is 0 Å². The lowest BCUT2D eigenvalue weighted by Gasteiger charge is -2.41. The molecular weight excluding hydrogens is 412 g/mol. The lowest BCUT2D eigenvalue weighted by atomic mass is 9.94. The lowest BCUT2D eigenvalue weighted by molar-refractivity contribution is 0.148. The van der Waals surface area contributed by atoms with Gasteiger partial charge in [-0.2, -0.15) is 5.10 Å². The van der Waals surface area contributed by atoms with Crippen LogP contribution in [0.4, 0.5) is 5.69 Å². The first-order valence-corrected chi connectivity index (χ1v) is 12.4. The van der Waals surface area contributed by atoms with Crippen LogP contribution in [0, 0.1) is 0 Å². The van der Waals surface area contributed by atoms with Crippen LogP contribution in [0.5, 0.6) is 5.75 Å². The largest absolute Gasteiger partial charge is 0.494 e. The molecule has 1 aliphatic heterocycles. The fraction of sp³-hybridized carbons (Fsp3) is 0.462. The number of benzene rings is 2. The zero-order valence-electron chi connectivity index (χ0n) is 19.3. The van der Waals surface area contributed by atoms with E-state index in [1.807, 2.05) is 25.1 Å². The maximum absolute atomic E-state index is 5.68. The van der Waals surface area contributed by atoms with Gasteiger partial charge in [-0.25, -0.2) is 4.98 Å². The number of piperazine rings is 1. The van der Waals surface area contributed by atoms with E-state index >= 15 is 0 Å². The van der Waals surface area contributed by atoms with Gasteiger partial charge >= 0.3 is 0 Å². The number of H-pyrrole nitrogens is 2. The zero-order chi connectivity index (χ0) is 22.2. The second kappa shape index (κ2) is 8.71. The number of aromatic nitrogens is 4. The van der Waals surface area contributed by atoms with Crippen LogP contribution in [-0.4, -0.2) is 63.9 Å². The van der Waals surface area contributed by atoms with Gasteiger partial charge in [0, 0.05) is 43.3 Å². The summed E-state index contributed by atoms with van der Waals surface area (Å²) in [4.78, 5) is 13.6. The molecule has 0 atom stereocenters. The Bertz CT molecular complexity index is 1250. The van der Waals surface area contributed by atoms with Crippen molar-refractivity contribution in [1.82, 2.24) is 25.1 Å². The maximum atomic E-state index is 5.68.